The van der Waals surface area contributed by atoms with Crippen LogP contribution in [0.25, 0.3) is 17.0 Å². The van der Waals surface area contributed by atoms with Gasteiger partial charge in [0.25, 0.3) is 0 Å². The van der Waals surface area contributed by atoms with Crippen molar-refractivity contribution >= 4 is 22.9 Å². The SMILES string of the molecule is CCOCCCNC(=O)/C=C/c1cccc2cccnc12. The van der Waals surface area contributed by atoms with E-state index in [9.17, 15) is 4.79 Å². The van der Waals surface area contributed by atoms with Crippen molar-refractivity contribution in [2.24, 2.45) is 0 Å². The molecular formula is C17H20N2O2. The minimum absolute atomic E-state index is 0.0977. The average Bonchev–Trinajstić information content (AvgIpc) is 2.52. The van der Waals surface area contributed by atoms with Crippen LogP contribution in [0.15, 0.2) is 42.6 Å². The van der Waals surface area contributed by atoms with Crippen molar-refractivity contribution in [3.8, 4) is 0 Å². The number of hydrogen-bond donors (Lipinski definition) is 1. The Morgan fingerprint density at radius 2 is 2.19 bits per heavy atom. The van der Waals surface area contributed by atoms with E-state index >= 15 is 0 Å². The van der Waals surface area contributed by atoms with E-state index in [0.717, 1.165) is 22.9 Å². The third-order valence-corrected chi connectivity index (χ3v) is 3.05. The lowest BCUT2D eigenvalue weighted by Gasteiger charge is -2.03. The molecule has 1 N–H and O–H groups in total. The Balaban J connectivity index is 1.92. The van der Waals surface area contributed by atoms with Crippen LogP contribution in [0.1, 0.15) is 18.9 Å². The first-order valence-electron chi connectivity index (χ1n) is 7.18. The minimum Gasteiger partial charge on any atom is -0.382 e. The number of ether oxygens (including phenoxy) is 1. The zero-order chi connectivity index (χ0) is 14.9. The van der Waals surface area contributed by atoms with Crippen LogP contribution in [0.5, 0.6) is 0 Å². The predicted molar refractivity (Wildman–Crippen MR) is 84.9 cm³/mol. The Bertz CT molecular complexity index is 618. The van der Waals surface area contributed by atoms with E-state index in [0.29, 0.717) is 19.8 Å². The summed E-state index contributed by atoms with van der Waals surface area (Å²) in [5.41, 5.74) is 1.85. The number of rotatable bonds is 7. The van der Waals surface area contributed by atoms with Gasteiger partial charge in [0, 0.05) is 43.0 Å². The van der Waals surface area contributed by atoms with Gasteiger partial charge >= 0.3 is 0 Å². The number of nitrogens with zero attached hydrogens (tertiary/aromatic N) is 1. The molecular weight excluding hydrogens is 264 g/mol. The number of benzene rings is 1. The third-order valence-electron chi connectivity index (χ3n) is 3.05. The number of nitrogens with one attached hydrogen (secondary N) is 1. The van der Waals surface area contributed by atoms with Gasteiger partial charge in [0.1, 0.15) is 0 Å². The summed E-state index contributed by atoms with van der Waals surface area (Å²) in [5, 5.41) is 3.90. The predicted octanol–water partition coefficient (Wildman–Crippen LogP) is 2.79. The maximum absolute atomic E-state index is 11.7. The molecule has 2 rings (SSSR count). The second kappa shape index (κ2) is 8.17. The number of hydrogen-bond acceptors (Lipinski definition) is 3. The van der Waals surface area contributed by atoms with Gasteiger partial charge in [0.2, 0.25) is 5.91 Å². The van der Waals surface area contributed by atoms with Crippen molar-refractivity contribution in [2.45, 2.75) is 13.3 Å². The van der Waals surface area contributed by atoms with Crippen LogP contribution in [-0.2, 0) is 9.53 Å². The zero-order valence-electron chi connectivity index (χ0n) is 12.2. The van der Waals surface area contributed by atoms with Crippen molar-refractivity contribution in [1.29, 1.82) is 0 Å². The van der Waals surface area contributed by atoms with Gasteiger partial charge in [-0.25, -0.2) is 0 Å². The molecule has 0 bridgehead atoms. The van der Waals surface area contributed by atoms with Crippen molar-refractivity contribution in [1.82, 2.24) is 10.3 Å². The minimum atomic E-state index is -0.0977. The summed E-state index contributed by atoms with van der Waals surface area (Å²) >= 11 is 0. The topological polar surface area (TPSA) is 51.2 Å². The first-order valence-corrected chi connectivity index (χ1v) is 7.18. The molecule has 4 heteroatoms. The second-order valence-corrected chi connectivity index (χ2v) is 4.60. The Morgan fingerprint density at radius 1 is 1.33 bits per heavy atom. The first kappa shape index (κ1) is 15.2. The van der Waals surface area contributed by atoms with Crippen molar-refractivity contribution in [2.75, 3.05) is 19.8 Å². The summed E-state index contributed by atoms with van der Waals surface area (Å²) in [5.74, 6) is -0.0977. The van der Waals surface area contributed by atoms with Crippen LogP contribution in [0, 0.1) is 0 Å². The van der Waals surface area contributed by atoms with E-state index in [1.807, 2.05) is 37.3 Å². The van der Waals surface area contributed by atoms with Gasteiger partial charge in [0.05, 0.1) is 5.52 Å². The molecule has 1 aromatic heterocycles. The molecule has 1 aromatic carbocycles. The lowest BCUT2D eigenvalue weighted by Crippen LogP contribution is -2.23. The fourth-order valence-electron chi connectivity index (χ4n) is 2.02. The first-order chi connectivity index (χ1) is 10.3. The lowest BCUT2D eigenvalue weighted by atomic mass is 10.1. The van der Waals surface area contributed by atoms with E-state index in [1.165, 1.54) is 0 Å². The van der Waals surface area contributed by atoms with Gasteiger partial charge in [-0.2, -0.15) is 0 Å². The largest absolute Gasteiger partial charge is 0.382 e. The molecule has 0 saturated carbocycles. The summed E-state index contributed by atoms with van der Waals surface area (Å²) in [6, 6.07) is 9.83. The van der Waals surface area contributed by atoms with Crippen molar-refractivity contribution < 1.29 is 9.53 Å². The van der Waals surface area contributed by atoms with E-state index < -0.39 is 0 Å². The van der Waals surface area contributed by atoms with E-state index in [-0.39, 0.29) is 5.91 Å². The fraction of sp³-hybridized carbons (Fsp3) is 0.294. The van der Waals surface area contributed by atoms with Gasteiger partial charge < -0.3 is 10.1 Å². The Labute approximate surface area is 124 Å². The third kappa shape index (κ3) is 4.68. The highest BCUT2D eigenvalue weighted by Crippen LogP contribution is 2.16. The number of carbonyl (C=O) groups is 1. The number of fused-ring (bicyclic) bond motifs is 1. The highest BCUT2D eigenvalue weighted by atomic mass is 16.5. The molecule has 0 aliphatic heterocycles. The molecule has 1 heterocycles. The monoisotopic (exact) mass is 284 g/mol. The Kier molecular flexibility index (Phi) is 5.91. The van der Waals surface area contributed by atoms with Crippen LogP contribution in [0.2, 0.25) is 0 Å². The average molecular weight is 284 g/mol. The highest BCUT2D eigenvalue weighted by Gasteiger charge is 1.99. The van der Waals surface area contributed by atoms with Gasteiger partial charge in [-0.05, 0) is 25.5 Å². The van der Waals surface area contributed by atoms with Crippen molar-refractivity contribution in [3.05, 3.63) is 48.2 Å². The summed E-state index contributed by atoms with van der Waals surface area (Å²) in [7, 11) is 0. The molecule has 0 spiro atoms. The lowest BCUT2D eigenvalue weighted by molar-refractivity contribution is -0.116. The molecule has 0 aliphatic carbocycles. The molecule has 1 amide bonds. The molecule has 0 unspecified atom stereocenters. The van der Waals surface area contributed by atoms with Gasteiger partial charge in [-0.1, -0.05) is 24.3 Å². The summed E-state index contributed by atoms with van der Waals surface area (Å²) in [6.45, 7) is 3.96. The molecule has 0 saturated heterocycles. The van der Waals surface area contributed by atoms with Crippen LogP contribution < -0.4 is 5.32 Å². The van der Waals surface area contributed by atoms with Gasteiger partial charge in [-0.15, -0.1) is 0 Å². The second-order valence-electron chi connectivity index (χ2n) is 4.60. The van der Waals surface area contributed by atoms with Crippen LogP contribution in [0.3, 0.4) is 0 Å². The molecule has 4 nitrogen and oxygen atoms in total. The Hall–Kier alpha value is -2.20. The number of carbonyl (C=O) groups excluding carboxylic acids is 1. The standard InChI is InChI=1S/C17H20N2O2/c1-2-21-13-5-12-18-16(20)10-9-15-7-3-6-14-8-4-11-19-17(14)15/h3-4,6-11H,2,5,12-13H2,1H3,(H,18,20)/b10-9+. The molecule has 0 atom stereocenters. The van der Waals surface area contributed by atoms with Crippen molar-refractivity contribution in [3.63, 3.8) is 0 Å². The summed E-state index contributed by atoms with van der Waals surface area (Å²) in [4.78, 5) is 16.1. The summed E-state index contributed by atoms with van der Waals surface area (Å²) < 4.78 is 5.22. The van der Waals surface area contributed by atoms with Crippen LogP contribution in [-0.4, -0.2) is 30.6 Å². The van der Waals surface area contributed by atoms with Crippen LogP contribution in [0.4, 0.5) is 0 Å². The van der Waals surface area contributed by atoms with E-state index in [4.69, 9.17) is 4.74 Å². The zero-order valence-corrected chi connectivity index (χ0v) is 12.2. The van der Waals surface area contributed by atoms with Gasteiger partial charge in [0.15, 0.2) is 0 Å². The molecule has 2 aromatic rings. The smallest absolute Gasteiger partial charge is 0.244 e. The summed E-state index contributed by atoms with van der Waals surface area (Å²) in [6.07, 6.45) is 5.92. The molecule has 110 valence electrons. The molecule has 0 aliphatic rings. The quantitative estimate of drug-likeness (QED) is 0.628. The molecule has 0 fully saturated rings. The number of para-hydroxylation sites is 1. The number of aromatic nitrogens is 1. The van der Waals surface area contributed by atoms with E-state index in [2.05, 4.69) is 10.3 Å². The van der Waals surface area contributed by atoms with Gasteiger partial charge in [-0.3, -0.25) is 9.78 Å². The maximum Gasteiger partial charge on any atom is 0.244 e. The fourth-order valence-corrected chi connectivity index (χ4v) is 2.02. The highest BCUT2D eigenvalue weighted by molar-refractivity contribution is 5.95. The van der Waals surface area contributed by atoms with Crippen LogP contribution >= 0.6 is 0 Å². The number of pyridine rings is 1. The molecule has 21 heavy (non-hydrogen) atoms. The molecule has 0 radical (unpaired) electrons. The number of amides is 1. The Morgan fingerprint density at radius 3 is 3.05 bits per heavy atom. The maximum atomic E-state index is 11.7. The normalized spacial score (nSPS) is 11.1. The van der Waals surface area contributed by atoms with E-state index in [1.54, 1.807) is 18.3 Å².